The lowest BCUT2D eigenvalue weighted by atomic mass is 10.0. The number of hydrogen-bond donors (Lipinski definition) is 3. The van der Waals surface area contributed by atoms with Gasteiger partial charge in [0.05, 0.1) is 25.4 Å². The number of allylic oxidation sites excluding steroid dienone is 4. The van der Waals surface area contributed by atoms with Gasteiger partial charge in [0, 0.05) is 12.8 Å². The van der Waals surface area contributed by atoms with Gasteiger partial charge in [0.1, 0.15) is 0 Å². The highest BCUT2D eigenvalue weighted by Crippen LogP contribution is 2.18. The summed E-state index contributed by atoms with van der Waals surface area (Å²) in [5, 5.41) is 23.3. The van der Waals surface area contributed by atoms with E-state index in [0.717, 1.165) is 44.9 Å². The number of ether oxygens (including phenoxy) is 1. The molecule has 71 heavy (non-hydrogen) atoms. The van der Waals surface area contributed by atoms with E-state index in [1.54, 1.807) is 0 Å². The zero-order valence-electron chi connectivity index (χ0n) is 48.0. The van der Waals surface area contributed by atoms with Crippen LogP contribution in [-0.2, 0) is 14.3 Å². The van der Waals surface area contributed by atoms with Gasteiger partial charge in [-0.1, -0.05) is 289 Å². The van der Waals surface area contributed by atoms with Crippen molar-refractivity contribution in [2.45, 2.75) is 366 Å². The summed E-state index contributed by atoms with van der Waals surface area (Å²) in [7, 11) is 0. The molecule has 0 aliphatic rings. The second kappa shape index (κ2) is 60.9. The molecule has 0 radical (unpaired) electrons. The van der Waals surface area contributed by atoms with Crippen molar-refractivity contribution >= 4 is 11.9 Å². The Kier molecular flexibility index (Phi) is 59.5. The van der Waals surface area contributed by atoms with Crippen LogP contribution < -0.4 is 5.32 Å². The lowest BCUT2D eigenvalue weighted by Gasteiger charge is -2.22. The molecule has 0 bridgehead atoms. The fourth-order valence-corrected chi connectivity index (χ4v) is 10.0. The van der Waals surface area contributed by atoms with Crippen LogP contribution in [0.5, 0.6) is 0 Å². The summed E-state index contributed by atoms with van der Waals surface area (Å²) in [5.41, 5.74) is 0. The van der Waals surface area contributed by atoms with Gasteiger partial charge in [0.15, 0.2) is 0 Å². The van der Waals surface area contributed by atoms with E-state index >= 15 is 0 Å². The smallest absolute Gasteiger partial charge is 0.305 e. The summed E-state index contributed by atoms with van der Waals surface area (Å²) in [4.78, 5) is 24.5. The molecular formula is C65H125NO5. The van der Waals surface area contributed by atoms with Crippen molar-refractivity contribution < 1.29 is 24.5 Å². The highest BCUT2D eigenvalue weighted by atomic mass is 16.5. The third-order valence-electron chi connectivity index (χ3n) is 15.0. The topological polar surface area (TPSA) is 95.9 Å². The Morgan fingerprint density at radius 1 is 0.380 bits per heavy atom. The van der Waals surface area contributed by atoms with Gasteiger partial charge >= 0.3 is 5.97 Å². The molecule has 0 rings (SSSR count). The van der Waals surface area contributed by atoms with Crippen molar-refractivity contribution in [2.75, 3.05) is 13.2 Å². The largest absolute Gasteiger partial charge is 0.466 e. The Bertz CT molecular complexity index is 1110. The zero-order chi connectivity index (χ0) is 51.4. The predicted octanol–water partition coefficient (Wildman–Crippen LogP) is 20.2. The Balaban J connectivity index is 3.38. The van der Waals surface area contributed by atoms with Gasteiger partial charge in [-0.05, 0) is 77.0 Å². The Morgan fingerprint density at radius 3 is 1.00 bits per heavy atom. The van der Waals surface area contributed by atoms with Gasteiger partial charge < -0.3 is 20.3 Å². The summed E-state index contributed by atoms with van der Waals surface area (Å²) in [6.45, 7) is 4.96. The molecule has 0 saturated heterocycles. The molecular weight excluding hydrogens is 875 g/mol. The van der Waals surface area contributed by atoms with Crippen LogP contribution in [0, 0.1) is 0 Å². The number of aliphatic hydroxyl groups excluding tert-OH is 2. The summed E-state index contributed by atoms with van der Waals surface area (Å²) in [5.74, 6) is -0.0290. The van der Waals surface area contributed by atoms with Crippen LogP contribution in [0.1, 0.15) is 354 Å². The lowest BCUT2D eigenvalue weighted by Crippen LogP contribution is -2.45. The molecule has 0 aromatic carbocycles. The van der Waals surface area contributed by atoms with Crippen molar-refractivity contribution in [2.24, 2.45) is 0 Å². The van der Waals surface area contributed by atoms with E-state index in [1.807, 2.05) is 0 Å². The van der Waals surface area contributed by atoms with Gasteiger partial charge in [-0.2, -0.15) is 0 Å². The number of rotatable bonds is 60. The minimum Gasteiger partial charge on any atom is -0.466 e. The first-order valence-electron chi connectivity index (χ1n) is 32.1. The molecule has 0 aromatic heterocycles. The SMILES string of the molecule is CCCCCCC/C=C\CCCCCCCC(=O)OCCCCCCCCCCCCCC/C=C\CCCCCCCCCCCCC(=O)NC(CO)C(O)CCCCCCCCCCCCCCCC. The Hall–Kier alpha value is -1.66. The molecule has 0 fully saturated rings. The maximum absolute atomic E-state index is 12.5. The normalized spacial score (nSPS) is 12.7. The number of carbonyl (C=O) groups is 2. The van der Waals surface area contributed by atoms with Gasteiger partial charge in [-0.25, -0.2) is 0 Å². The number of unbranched alkanes of at least 4 members (excludes halogenated alkanes) is 45. The van der Waals surface area contributed by atoms with E-state index in [1.165, 1.54) is 276 Å². The maximum atomic E-state index is 12.5. The predicted molar refractivity (Wildman–Crippen MR) is 310 cm³/mol. The van der Waals surface area contributed by atoms with E-state index in [2.05, 4.69) is 43.5 Å². The molecule has 6 nitrogen and oxygen atoms in total. The Morgan fingerprint density at radius 2 is 0.662 bits per heavy atom. The average Bonchev–Trinajstić information content (AvgIpc) is 3.37. The minimum atomic E-state index is -0.665. The van der Waals surface area contributed by atoms with Crippen LogP contribution >= 0.6 is 0 Å². The van der Waals surface area contributed by atoms with Crippen molar-refractivity contribution in [1.82, 2.24) is 5.32 Å². The number of nitrogens with one attached hydrogen (secondary N) is 1. The second-order valence-electron chi connectivity index (χ2n) is 22.1. The highest BCUT2D eigenvalue weighted by Gasteiger charge is 2.20. The minimum absolute atomic E-state index is 0.00612. The van der Waals surface area contributed by atoms with Gasteiger partial charge in [-0.3, -0.25) is 9.59 Å². The van der Waals surface area contributed by atoms with E-state index < -0.39 is 12.1 Å². The van der Waals surface area contributed by atoms with Crippen molar-refractivity contribution in [3.05, 3.63) is 24.3 Å². The highest BCUT2D eigenvalue weighted by molar-refractivity contribution is 5.76. The van der Waals surface area contributed by atoms with Crippen LogP contribution in [0.25, 0.3) is 0 Å². The van der Waals surface area contributed by atoms with Crippen LogP contribution in [0.15, 0.2) is 24.3 Å². The lowest BCUT2D eigenvalue weighted by molar-refractivity contribution is -0.143. The quantitative estimate of drug-likeness (QED) is 0.0320. The molecule has 0 aromatic rings. The molecule has 3 N–H and O–H groups in total. The first kappa shape index (κ1) is 69.3. The van der Waals surface area contributed by atoms with E-state index in [0.29, 0.717) is 25.9 Å². The molecule has 2 unspecified atom stereocenters. The van der Waals surface area contributed by atoms with Crippen LogP contribution in [-0.4, -0.2) is 47.4 Å². The molecule has 1 amide bonds. The monoisotopic (exact) mass is 1000 g/mol. The summed E-state index contributed by atoms with van der Waals surface area (Å²) in [6, 6.07) is -0.542. The molecule has 0 aliphatic heterocycles. The average molecular weight is 1000 g/mol. The number of aliphatic hydroxyl groups is 2. The first-order valence-corrected chi connectivity index (χ1v) is 32.1. The van der Waals surface area contributed by atoms with Crippen molar-refractivity contribution in [3.8, 4) is 0 Å². The van der Waals surface area contributed by atoms with Gasteiger partial charge in [0.25, 0.3) is 0 Å². The molecule has 0 spiro atoms. The van der Waals surface area contributed by atoms with Crippen molar-refractivity contribution in [1.29, 1.82) is 0 Å². The van der Waals surface area contributed by atoms with E-state index in [9.17, 15) is 19.8 Å². The zero-order valence-corrected chi connectivity index (χ0v) is 48.0. The number of esters is 1. The molecule has 2 atom stereocenters. The summed E-state index contributed by atoms with van der Waals surface area (Å²) in [6.07, 6.45) is 74.8. The Labute approximate surface area is 443 Å². The molecule has 0 saturated carbocycles. The standard InChI is InChI=1S/C65H125NO5/c1-3-5-7-9-11-13-15-17-33-37-41-45-49-53-57-63(68)62(61-67)66-64(69)58-54-50-46-42-38-34-31-29-27-25-23-21-19-20-22-24-26-28-30-32-36-40-44-48-52-56-60-71-65(70)59-55-51-47-43-39-35-18-16-14-12-10-8-6-4-2/h16,18-19,21,62-63,67-68H,3-15,17,20,22-61H2,1-2H3,(H,66,69)/b18-16-,21-19-. The molecule has 420 valence electrons. The maximum Gasteiger partial charge on any atom is 0.305 e. The van der Waals surface area contributed by atoms with Crippen LogP contribution in [0.4, 0.5) is 0 Å². The molecule has 0 aliphatic carbocycles. The number of carbonyl (C=O) groups excluding carboxylic acids is 2. The fraction of sp³-hybridized carbons (Fsp3) is 0.908. The van der Waals surface area contributed by atoms with Crippen LogP contribution in [0.3, 0.4) is 0 Å². The summed E-state index contributed by atoms with van der Waals surface area (Å²) >= 11 is 0. The van der Waals surface area contributed by atoms with Crippen molar-refractivity contribution in [3.63, 3.8) is 0 Å². The first-order chi connectivity index (χ1) is 35.0. The molecule has 6 heteroatoms. The van der Waals surface area contributed by atoms with E-state index in [-0.39, 0.29) is 18.5 Å². The van der Waals surface area contributed by atoms with E-state index in [4.69, 9.17) is 4.74 Å². The van der Waals surface area contributed by atoms with Gasteiger partial charge in [-0.15, -0.1) is 0 Å². The summed E-state index contributed by atoms with van der Waals surface area (Å²) < 4.78 is 5.48. The van der Waals surface area contributed by atoms with Gasteiger partial charge in [0.2, 0.25) is 5.91 Å². The third-order valence-corrected chi connectivity index (χ3v) is 15.0. The second-order valence-corrected chi connectivity index (χ2v) is 22.1. The fourth-order valence-electron chi connectivity index (χ4n) is 10.0. The third kappa shape index (κ3) is 57.5. The number of hydrogen-bond acceptors (Lipinski definition) is 5. The molecule has 0 heterocycles. The van der Waals surface area contributed by atoms with Crippen LogP contribution in [0.2, 0.25) is 0 Å². The number of amides is 1.